The van der Waals surface area contributed by atoms with Crippen LogP contribution in [0.25, 0.3) is 28.0 Å². The lowest BCUT2D eigenvalue weighted by molar-refractivity contribution is -0.114. The highest BCUT2D eigenvalue weighted by Gasteiger charge is 2.19. The first-order valence-electron chi connectivity index (χ1n) is 12.3. The van der Waals surface area contributed by atoms with Gasteiger partial charge in [-0.25, -0.2) is 14.5 Å². The molecule has 2 aromatic carbocycles. The third kappa shape index (κ3) is 4.66. The fourth-order valence-corrected chi connectivity index (χ4v) is 4.86. The predicted octanol–water partition coefficient (Wildman–Crippen LogP) is 5.15. The molecular weight excluding hydrogens is 462 g/mol. The molecule has 0 aliphatic carbocycles. The van der Waals surface area contributed by atoms with E-state index < -0.39 is 0 Å². The molecule has 0 spiro atoms. The molecule has 1 amide bonds. The normalized spacial score (nSPS) is 13.4. The molecule has 37 heavy (non-hydrogen) atoms. The molecule has 0 saturated carbocycles. The topological polar surface area (TPSA) is 87.5 Å². The lowest BCUT2D eigenvalue weighted by Gasteiger charge is -2.25. The maximum Gasteiger partial charge on any atom is 0.227 e. The summed E-state index contributed by atoms with van der Waals surface area (Å²) in [5.41, 5.74) is 8.68. The first-order chi connectivity index (χ1) is 18.0. The van der Waals surface area contributed by atoms with Crippen molar-refractivity contribution >= 4 is 28.7 Å². The van der Waals surface area contributed by atoms with Crippen molar-refractivity contribution in [3.05, 3.63) is 90.3 Å². The summed E-state index contributed by atoms with van der Waals surface area (Å²) in [5.74, 6) is 0.405. The van der Waals surface area contributed by atoms with E-state index in [0.29, 0.717) is 5.95 Å². The first-order valence-corrected chi connectivity index (χ1v) is 12.3. The van der Waals surface area contributed by atoms with Crippen LogP contribution in [-0.4, -0.2) is 44.0 Å². The number of nitrogens with one attached hydrogen (secondary N) is 2. The number of carbonyl (C=O) groups excluding carboxylic acids is 1. The van der Waals surface area contributed by atoms with Crippen LogP contribution in [0.2, 0.25) is 0 Å². The highest BCUT2D eigenvalue weighted by atomic mass is 16.1. The zero-order chi connectivity index (χ0) is 25.4. The molecule has 2 N–H and O–H groups in total. The van der Waals surface area contributed by atoms with Crippen LogP contribution in [-0.2, 0) is 17.8 Å². The van der Waals surface area contributed by atoms with Gasteiger partial charge >= 0.3 is 0 Å². The van der Waals surface area contributed by atoms with Crippen molar-refractivity contribution in [1.29, 1.82) is 0 Å². The number of fused-ring (bicyclic) bond motifs is 2. The van der Waals surface area contributed by atoms with Gasteiger partial charge in [0, 0.05) is 49.3 Å². The minimum atomic E-state index is -0.118. The number of hydrogen-bond acceptors (Lipinski definition) is 6. The van der Waals surface area contributed by atoms with Gasteiger partial charge in [0.1, 0.15) is 5.69 Å². The van der Waals surface area contributed by atoms with Crippen LogP contribution in [0, 0.1) is 0 Å². The van der Waals surface area contributed by atoms with Crippen LogP contribution in [0.4, 0.5) is 17.3 Å². The third-order valence-electron chi connectivity index (χ3n) is 6.57. The number of rotatable bonds is 5. The van der Waals surface area contributed by atoms with Gasteiger partial charge in [-0.3, -0.25) is 4.79 Å². The van der Waals surface area contributed by atoms with Crippen LogP contribution in [0.3, 0.4) is 0 Å². The number of anilines is 3. The molecule has 1 aliphatic heterocycles. The van der Waals surface area contributed by atoms with E-state index in [0.717, 1.165) is 58.9 Å². The van der Waals surface area contributed by atoms with Crippen molar-refractivity contribution in [3.63, 3.8) is 0 Å². The number of nitrogens with zero attached hydrogens (tertiary/aromatic N) is 5. The summed E-state index contributed by atoms with van der Waals surface area (Å²) in [5, 5.41) is 11.1. The Hall–Kier alpha value is -4.56. The second-order valence-corrected chi connectivity index (χ2v) is 9.38. The molecule has 0 bridgehead atoms. The Balaban J connectivity index is 1.40. The highest BCUT2D eigenvalue weighted by molar-refractivity contribution is 5.93. The molecule has 1 aliphatic rings. The molecule has 0 radical (unpaired) electrons. The van der Waals surface area contributed by atoms with Crippen LogP contribution < -0.4 is 10.6 Å². The Kier molecular flexibility index (Phi) is 5.86. The Labute approximate surface area is 215 Å². The standard InChI is InChI=1S/C29H27N7O/c1-19(37)31-23-7-5-6-21(16-23)28-27(26-8-3-4-14-36(26)34-28)25-11-13-30-29(33-25)32-24-10-9-20-12-15-35(2)18-22(20)17-24/h3-11,13-14,16-17H,12,15,18H2,1-2H3,(H,31,37)(H,30,32,33). The summed E-state index contributed by atoms with van der Waals surface area (Å²) in [6.07, 6.45) is 4.75. The van der Waals surface area contributed by atoms with Gasteiger partial charge in [0.25, 0.3) is 0 Å². The summed E-state index contributed by atoms with van der Waals surface area (Å²) in [4.78, 5) is 23.3. The van der Waals surface area contributed by atoms with Crippen molar-refractivity contribution in [2.75, 3.05) is 24.2 Å². The summed E-state index contributed by atoms with van der Waals surface area (Å²) >= 11 is 0. The van der Waals surface area contributed by atoms with E-state index in [9.17, 15) is 4.79 Å². The number of pyridine rings is 1. The summed E-state index contributed by atoms with van der Waals surface area (Å²) in [6, 6.07) is 22.0. The Bertz CT molecular complexity index is 1620. The van der Waals surface area contributed by atoms with Crippen LogP contribution in [0.5, 0.6) is 0 Å². The minimum absolute atomic E-state index is 0.118. The van der Waals surface area contributed by atoms with Gasteiger partial charge in [-0.2, -0.15) is 5.10 Å². The Morgan fingerprint density at radius 1 is 0.973 bits per heavy atom. The van der Waals surface area contributed by atoms with Gasteiger partial charge in [-0.1, -0.05) is 24.3 Å². The SMILES string of the molecule is CC(=O)Nc1cccc(-c2nn3ccccc3c2-c2ccnc(Nc3ccc4c(c3)CN(C)CC4)n2)c1. The number of aromatic nitrogens is 4. The second kappa shape index (κ2) is 9.48. The smallest absolute Gasteiger partial charge is 0.227 e. The molecule has 8 heteroatoms. The quantitative estimate of drug-likeness (QED) is 0.355. The van der Waals surface area contributed by atoms with Crippen molar-refractivity contribution < 1.29 is 4.79 Å². The largest absolute Gasteiger partial charge is 0.326 e. The number of likely N-dealkylation sites (N-methyl/N-ethyl adjacent to an activating group) is 1. The number of hydrogen-bond donors (Lipinski definition) is 2. The molecule has 5 aromatic rings. The highest BCUT2D eigenvalue weighted by Crippen LogP contribution is 2.35. The molecule has 0 saturated heterocycles. The molecule has 0 fully saturated rings. The van der Waals surface area contributed by atoms with Crippen LogP contribution >= 0.6 is 0 Å². The fraction of sp³-hybridized carbons (Fsp3) is 0.172. The summed E-state index contributed by atoms with van der Waals surface area (Å²) in [6.45, 7) is 3.52. The molecule has 0 unspecified atom stereocenters. The summed E-state index contributed by atoms with van der Waals surface area (Å²) < 4.78 is 1.85. The van der Waals surface area contributed by atoms with Crippen LogP contribution in [0.15, 0.2) is 79.1 Å². The maximum atomic E-state index is 11.6. The molecule has 0 atom stereocenters. The average molecular weight is 490 g/mol. The van der Waals surface area contributed by atoms with E-state index in [4.69, 9.17) is 10.1 Å². The van der Waals surface area contributed by atoms with E-state index in [1.165, 1.54) is 18.1 Å². The zero-order valence-corrected chi connectivity index (χ0v) is 20.8. The Morgan fingerprint density at radius 3 is 2.78 bits per heavy atom. The molecule has 6 rings (SSSR count). The van der Waals surface area contributed by atoms with Crippen LogP contribution in [0.1, 0.15) is 18.1 Å². The first kappa shape index (κ1) is 22.9. The zero-order valence-electron chi connectivity index (χ0n) is 20.8. The van der Waals surface area contributed by atoms with Gasteiger partial charge in [-0.15, -0.1) is 0 Å². The van der Waals surface area contributed by atoms with Gasteiger partial charge in [0.05, 0.1) is 16.8 Å². The lowest BCUT2D eigenvalue weighted by atomic mass is 9.99. The van der Waals surface area contributed by atoms with Crippen molar-refractivity contribution in [3.8, 4) is 22.5 Å². The Morgan fingerprint density at radius 2 is 1.89 bits per heavy atom. The van der Waals surface area contributed by atoms with Gasteiger partial charge in [-0.05, 0) is 67.1 Å². The maximum absolute atomic E-state index is 11.6. The van der Waals surface area contributed by atoms with Gasteiger partial charge in [0.2, 0.25) is 11.9 Å². The van der Waals surface area contributed by atoms with Crippen molar-refractivity contribution in [2.24, 2.45) is 0 Å². The third-order valence-corrected chi connectivity index (χ3v) is 6.57. The van der Waals surface area contributed by atoms with Crippen molar-refractivity contribution in [1.82, 2.24) is 24.5 Å². The average Bonchev–Trinajstić information content (AvgIpc) is 3.28. The summed E-state index contributed by atoms with van der Waals surface area (Å²) in [7, 11) is 2.15. The number of amides is 1. The van der Waals surface area contributed by atoms with E-state index in [1.54, 1.807) is 6.20 Å². The monoisotopic (exact) mass is 489 g/mol. The molecular formula is C29H27N7O. The van der Waals surface area contributed by atoms with E-state index >= 15 is 0 Å². The van der Waals surface area contributed by atoms with E-state index in [2.05, 4.69) is 45.8 Å². The number of benzene rings is 2. The molecule has 184 valence electrons. The molecule has 4 heterocycles. The molecule has 8 nitrogen and oxygen atoms in total. The van der Waals surface area contributed by atoms with Crippen molar-refractivity contribution in [2.45, 2.75) is 19.9 Å². The minimum Gasteiger partial charge on any atom is -0.326 e. The van der Waals surface area contributed by atoms with Gasteiger partial charge < -0.3 is 15.5 Å². The fourth-order valence-electron chi connectivity index (χ4n) is 4.86. The van der Waals surface area contributed by atoms with E-state index in [1.807, 2.05) is 59.2 Å². The number of carbonyl (C=O) groups is 1. The lowest BCUT2D eigenvalue weighted by Crippen LogP contribution is -2.26. The van der Waals surface area contributed by atoms with Gasteiger partial charge in [0.15, 0.2) is 0 Å². The predicted molar refractivity (Wildman–Crippen MR) is 146 cm³/mol. The van der Waals surface area contributed by atoms with E-state index in [-0.39, 0.29) is 5.91 Å². The molecule has 3 aromatic heterocycles. The second-order valence-electron chi connectivity index (χ2n) is 9.38.